The molecule has 2 bridgehead atoms. The van der Waals surface area contributed by atoms with Crippen LogP contribution < -0.4 is 14.3 Å². The molecule has 2 saturated carbocycles. The van der Waals surface area contributed by atoms with Gasteiger partial charge < -0.3 is 19.2 Å². The fraction of sp³-hybridized carbons (Fsp3) is 0.571. The molecule has 2 aromatic rings. The van der Waals surface area contributed by atoms with Crippen molar-refractivity contribution in [3.63, 3.8) is 0 Å². The lowest BCUT2D eigenvalue weighted by Gasteiger charge is -2.43. The largest absolute Gasteiger partial charge is 0.493 e. The molecule has 1 saturated heterocycles. The van der Waals surface area contributed by atoms with Gasteiger partial charge in [-0.15, -0.1) is 11.8 Å². The maximum Gasteiger partial charge on any atom is 0.326 e. The molecule has 4 aliphatic rings. The van der Waals surface area contributed by atoms with E-state index >= 15 is 0 Å². The summed E-state index contributed by atoms with van der Waals surface area (Å²) in [5.74, 6) is -0.423. The minimum atomic E-state index is -0.567. The number of fused-ring (bicyclic) bond motifs is 9. The summed E-state index contributed by atoms with van der Waals surface area (Å²) in [7, 11) is 1.62. The molecular formula is C28H32N2O7S2. The van der Waals surface area contributed by atoms with E-state index in [2.05, 4.69) is 18.8 Å². The molecule has 0 spiro atoms. The van der Waals surface area contributed by atoms with Crippen LogP contribution in [0.2, 0.25) is 0 Å². The predicted molar refractivity (Wildman–Crippen MR) is 145 cm³/mol. The SMILES string of the molecule is CCOC(=O)CN1C(=O)C2C3CC(C2C1=O)C1C(c2ccc(OCC(C)C)c(OC)c2)c2sc(=O)[nH]c2SC31. The van der Waals surface area contributed by atoms with Crippen molar-refractivity contribution in [2.24, 2.45) is 35.5 Å². The average molecular weight is 573 g/mol. The number of H-pyrrole nitrogens is 1. The summed E-state index contributed by atoms with van der Waals surface area (Å²) in [6, 6.07) is 5.94. The highest BCUT2D eigenvalue weighted by Gasteiger charge is 2.69. The molecule has 7 unspecified atom stereocenters. The smallest absolute Gasteiger partial charge is 0.326 e. The van der Waals surface area contributed by atoms with Crippen LogP contribution in [0.25, 0.3) is 0 Å². The van der Waals surface area contributed by atoms with E-state index in [-0.39, 0.29) is 58.8 Å². The summed E-state index contributed by atoms with van der Waals surface area (Å²) < 4.78 is 16.7. The molecule has 1 aromatic heterocycles. The van der Waals surface area contributed by atoms with Crippen LogP contribution in [0.3, 0.4) is 0 Å². The molecule has 3 heterocycles. The zero-order valence-electron chi connectivity index (χ0n) is 22.3. The normalized spacial score (nSPS) is 30.4. The molecule has 1 aromatic carbocycles. The Kier molecular flexibility index (Phi) is 6.77. The van der Waals surface area contributed by atoms with Gasteiger partial charge in [-0.3, -0.25) is 24.1 Å². The van der Waals surface area contributed by atoms with Crippen molar-refractivity contribution < 1.29 is 28.6 Å². The van der Waals surface area contributed by atoms with E-state index in [1.807, 2.05) is 18.2 Å². The first-order valence-electron chi connectivity index (χ1n) is 13.4. The van der Waals surface area contributed by atoms with Crippen LogP contribution in [0.5, 0.6) is 11.5 Å². The van der Waals surface area contributed by atoms with Crippen molar-refractivity contribution in [1.82, 2.24) is 9.88 Å². The summed E-state index contributed by atoms with van der Waals surface area (Å²) in [5.41, 5.74) is 1.000. The van der Waals surface area contributed by atoms with Gasteiger partial charge in [0.1, 0.15) is 6.54 Å². The van der Waals surface area contributed by atoms with Crippen LogP contribution in [0.1, 0.15) is 43.6 Å². The standard InChI is InChI=1S/C28H32N2O7S2/c1-5-36-18(31)10-30-26(32)21-14-9-15(22(21)27(30)33)23-20(14)19(24-25(38-23)29-28(34)39-24)13-6-7-16(17(8-13)35-4)37-11-12(2)3/h6-8,12,14-15,19-23H,5,9-11H2,1-4H3,(H,29,34). The van der Waals surface area contributed by atoms with Crippen molar-refractivity contribution in [1.29, 1.82) is 0 Å². The lowest BCUT2D eigenvalue weighted by molar-refractivity contribution is -0.153. The number of amides is 2. The van der Waals surface area contributed by atoms with Crippen molar-refractivity contribution in [3.8, 4) is 11.5 Å². The van der Waals surface area contributed by atoms with E-state index in [0.717, 1.165) is 26.8 Å². The number of esters is 1. The maximum atomic E-state index is 13.6. The van der Waals surface area contributed by atoms with Gasteiger partial charge in [0.25, 0.3) is 0 Å². The van der Waals surface area contributed by atoms with Crippen molar-refractivity contribution >= 4 is 40.9 Å². The number of benzene rings is 1. The van der Waals surface area contributed by atoms with Gasteiger partial charge in [-0.2, -0.15) is 0 Å². The van der Waals surface area contributed by atoms with Gasteiger partial charge in [0.05, 0.1) is 37.2 Å². The molecular weight excluding hydrogens is 540 g/mol. The first-order chi connectivity index (χ1) is 18.7. The summed E-state index contributed by atoms with van der Waals surface area (Å²) >= 11 is 2.85. The van der Waals surface area contributed by atoms with Gasteiger partial charge in [0, 0.05) is 16.0 Å². The molecule has 7 atom stereocenters. The number of hydrogen-bond acceptors (Lipinski definition) is 9. The fourth-order valence-corrected chi connectivity index (χ4v) is 10.1. The Morgan fingerprint density at radius 2 is 1.87 bits per heavy atom. The quantitative estimate of drug-likeness (QED) is 0.378. The maximum absolute atomic E-state index is 13.6. The lowest BCUT2D eigenvalue weighted by atomic mass is 9.68. The van der Waals surface area contributed by atoms with Crippen LogP contribution >= 0.6 is 23.1 Å². The zero-order chi connectivity index (χ0) is 27.6. The molecule has 3 fully saturated rings. The number of carbonyl (C=O) groups excluding carboxylic acids is 3. The zero-order valence-corrected chi connectivity index (χ0v) is 23.9. The summed E-state index contributed by atoms with van der Waals surface area (Å²) in [5, 5.41) is 0.917. The van der Waals surface area contributed by atoms with Crippen LogP contribution in [0, 0.1) is 35.5 Å². The minimum absolute atomic E-state index is 0.00626. The number of ether oxygens (including phenoxy) is 3. The Bertz CT molecular complexity index is 1380. The summed E-state index contributed by atoms with van der Waals surface area (Å²) in [4.78, 5) is 56.7. The molecule has 11 heteroatoms. The number of thioether (sulfide) groups is 1. The molecule has 2 aliphatic carbocycles. The fourth-order valence-electron chi connectivity index (χ4n) is 7.20. The van der Waals surface area contributed by atoms with Crippen LogP contribution in [-0.4, -0.2) is 59.8 Å². The van der Waals surface area contributed by atoms with Gasteiger partial charge in [0.15, 0.2) is 11.5 Å². The van der Waals surface area contributed by atoms with E-state index in [1.54, 1.807) is 25.8 Å². The number of thiazole rings is 1. The van der Waals surface area contributed by atoms with Gasteiger partial charge in [-0.1, -0.05) is 31.3 Å². The summed E-state index contributed by atoms with van der Waals surface area (Å²) in [6.07, 6.45) is 0.783. The third kappa shape index (κ3) is 4.20. The van der Waals surface area contributed by atoms with E-state index in [9.17, 15) is 19.2 Å². The van der Waals surface area contributed by atoms with E-state index in [4.69, 9.17) is 14.2 Å². The molecule has 2 aliphatic heterocycles. The number of carbonyl (C=O) groups is 3. The number of aromatic nitrogens is 1. The Morgan fingerprint density at radius 1 is 1.13 bits per heavy atom. The second-order valence-electron chi connectivity index (χ2n) is 11.1. The highest BCUT2D eigenvalue weighted by atomic mass is 32.2. The van der Waals surface area contributed by atoms with Crippen molar-refractivity contribution in [2.45, 2.75) is 43.4 Å². The molecule has 0 radical (unpaired) electrons. The number of methoxy groups -OCH3 is 1. The second-order valence-corrected chi connectivity index (χ2v) is 13.3. The van der Waals surface area contributed by atoms with Crippen molar-refractivity contribution in [3.05, 3.63) is 38.3 Å². The Balaban J connectivity index is 1.37. The highest BCUT2D eigenvalue weighted by Crippen LogP contribution is 2.68. The predicted octanol–water partition coefficient (Wildman–Crippen LogP) is 3.52. The third-order valence-electron chi connectivity index (χ3n) is 8.53. The molecule has 39 heavy (non-hydrogen) atoms. The van der Waals surface area contributed by atoms with Gasteiger partial charge in [0.2, 0.25) is 11.8 Å². The number of likely N-dealkylation sites (tertiary alicyclic amines) is 1. The highest BCUT2D eigenvalue weighted by molar-refractivity contribution is 8.00. The van der Waals surface area contributed by atoms with Crippen LogP contribution in [-0.2, 0) is 19.1 Å². The molecule has 208 valence electrons. The van der Waals surface area contributed by atoms with Gasteiger partial charge in [-0.05, 0) is 54.7 Å². The monoisotopic (exact) mass is 572 g/mol. The number of hydrogen-bond donors (Lipinski definition) is 1. The topological polar surface area (TPSA) is 115 Å². The summed E-state index contributed by atoms with van der Waals surface area (Å²) in [6.45, 7) is 6.29. The minimum Gasteiger partial charge on any atom is -0.493 e. The molecule has 6 rings (SSSR count). The molecule has 1 N–H and O–H groups in total. The average Bonchev–Trinajstić information content (AvgIpc) is 3.63. The van der Waals surface area contributed by atoms with E-state index in [0.29, 0.717) is 24.0 Å². The number of aromatic amines is 1. The van der Waals surface area contributed by atoms with E-state index in [1.165, 1.54) is 11.3 Å². The number of imide groups is 1. The molecule has 9 nitrogen and oxygen atoms in total. The third-order valence-corrected chi connectivity index (χ3v) is 11.1. The van der Waals surface area contributed by atoms with Gasteiger partial charge in [-0.25, -0.2) is 0 Å². The Labute approximate surface area is 234 Å². The van der Waals surface area contributed by atoms with Gasteiger partial charge >= 0.3 is 10.8 Å². The lowest BCUT2D eigenvalue weighted by Crippen LogP contribution is -2.42. The number of rotatable bonds is 8. The number of nitrogens with one attached hydrogen (secondary N) is 1. The van der Waals surface area contributed by atoms with Crippen LogP contribution in [0.4, 0.5) is 0 Å². The number of nitrogens with zero attached hydrogens (tertiary/aromatic N) is 1. The first kappa shape index (κ1) is 26.4. The molecule has 2 amide bonds. The Hall–Kier alpha value is -2.79. The van der Waals surface area contributed by atoms with Crippen molar-refractivity contribution in [2.75, 3.05) is 26.9 Å². The Morgan fingerprint density at radius 3 is 2.56 bits per heavy atom. The first-order valence-corrected chi connectivity index (χ1v) is 15.1. The second kappa shape index (κ2) is 9.99. The van der Waals surface area contributed by atoms with E-state index < -0.39 is 17.8 Å². The van der Waals surface area contributed by atoms with Crippen LogP contribution in [0.15, 0.2) is 28.0 Å².